The van der Waals surface area contributed by atoms with Crippen molar-refractivity contribution in [3.05, 3.63) is 53.2 Å². The third-order valence-electron chi connectivity index (χ3n) is 8.52. The monoisotopic (exact) mass is 589 g/mol. The van der Waals surface area contributed by atoms with Crippen LogP contribution < -0.4 is 10.2 Å². The molecule has 1 saturated heterocycles. The molecule has 1 atom stereocenters. The number of carbonyl (C=O) groups is 2. The summed E-state index contributed by atoms with van der Waals surface area (Å²) in [7, 11) is 3.53. The van der Waals surface area contributed by atoms with Gasteiger partial charge in [0.25, 0.3) is 5.91 Å². The normalized spacial score (nSPS) is 17.9. The predicted octanol–water partition coefficient (Wildman–Crippen LogP) is 6.78. The maximum absolute atomic E-state index is 13.4. The van der Waals surface area contributed by atoms with Crippen LogP contribution in [0.15, 0.2) is 42.7 Å². The van der Waals surface area contributed by atoms with Gasteiger partial charge in [0.2, 0.25) is 5.91 Å². The van der Waals surface area contributed by atoms with E-state index in [1.165, 1.54) is 17.8 Å². The van der Waals surface area contributed by atoms with Crippen LogP contribution in [0.5, 0.6) is 0 Å². The van der Waals surface area contributed by atoms with Crippen LogP contribution in [-0.4, -0.2) is 54.0 Å². The number of aromatic amines is 1. The third kappa shape index (κ3) is 6.02. The van der Waals surface area contributed by atoms with E-state index >= 15 is 0 Å². The Labute approximate surface area is 250 Å². The first-order valence-corrected chi connectivity index (χ1v) is 15.8. The number of amides is 2. The average Bonchev–Trinajstić information content (AvgIpc) is 3.79. The summed E-state index contributed by atoms with van der Waals surface area (Å²) < 4.78 is 13.1. The van der Waals surface area contributed by atoms with Crippen molar-refractivity contribution >= 4 is 45.6 Å². The van der Waals surface area contributed by atoms with Gasteiger partial charge in [-0.05, 0) is 62.8 Å². The van der Waals surface area contributed by atoms with Crippen molar-refractivity contribution in [2.75, 3.05) is 37.6 Å². The quantitative estimate of drug-likeness (QED) is 0.224. The Morgan fingerprint density at radius 1 is 1.14 bits per heavy atom. The van der Waals surface area contributed by atoms with Gasteiger partial charge in [-0.15, -0.1) is 11.3 Å². The van der Waals surface area contributed by atoms with Gasteiger partial charge < -0.3 is 24.7 Å². The van der Waals surface area contributed by atoms with E-state index in [2.05, 4.69) is 15.4 Å². The molecule has 222 valence electrons. The molecule has 2 N–H and O–H groups in total. The molecule has 42 heavy (non-hydrogen) atoms. The first kappa shape index (κ1) is 28.6. The Bertz CT molecular complexity index is 1540. The number of hydrogen-bond acceptors (Lipinski definition) is 6. The number of benzene rings is 1. The molecular weight excluding hydrogens is 550 g/mol. The van der Waals surface area contributed by atoms with Gasteiger partial charge in [-0.3, -0.25) is 9.59 Å². The number of H-pyrrole nitrogens is 1. The number of thiophene rings is 1. The van der Waals surface area contributed by atoms with Gasteiger partial charge in [-0.25, -0.2) is 4.68 Å². The number of fused-ring (bicyclic) bond motifs is 1. The van der Waals surface area contributed by atoms with Gasteiger partial charge in [0, 0.05) is 65.5 Å². The summed E-state index contributed by atoms with van der Waals surface area (Å²) >= 11 is 1.44. The second-order valence-corrected chi connectivity index (χ2v) is 12.4. The highest BCUT2D eigenvalue weighted by molar-refractivity contribution is 7.17. The fourth-order valence-electron chi connectivity index (χ4n) is 6.12. The third-order valence-corrected chi connectivity index (χ3v) is 9.66. The number of hydrogen-bond donors (Lipinski definition) is 2. The van der Waals surface area contributed by atoms with E-state index in [0.29, 0.717) is 23.7 Å². The molecule has 2 fully saturated rings. The number of nitrogens with zero attached hydrogens (tertiary/aromatic N) is 3. The highest BCUT2D eigenvalue weighted by Gasteiger charge is 2.25. The number of rotatable bonds is 9. The minimum atomic E-state index is -0.177. The van der Waals surface area contributed by atoms with Gasteiger partial charge in [0.1, 0.15) is 12.0 Å². The Morgan fingerprint density at radius 2 is 1.98 bits per heavy atom. The lowest BCUT2D eigenvalue weighted by Gasteiger charge is -2.26. The number of ether oxygens (including phenoxy) is 2. The van der Waals surface area contributed by atoms with Crippen LogP contribution in [-0.2, 0) is 20.7 Å². The first-order chi connectivity index (χ1) is 20.5. The van der Waals surface area contributed by atoms with Crippen LogP contribution >= 0.6 is 11.3 Å². The van der Waals surface area contributed by atoms with E-state index in [1.54, 1.807) is 12.0 Å². The van der Waals surface area contributed by atoms with Crippen molar-refractivity contribution < 1.29 is 19.1 Å². The highest BCUT2D eigenvalue weighted by atomic mass is 32.1. The molecule has 0 bridgehead atoms. The fourth-order valence-corrected chi connectivity index (χ4v) is 6.99. The standard InChI is InChI=1S/C32H39N5O4S/c1-36(32(39)21-8-4-3-5-9-21)23-11-12-24-25(15-17-40-2)30(34-26(24)18-23)35-31(38)28-14-13-27(42-28)22-19-33-37(20-22)29-10-6-7-16-41-29/h11-14,18-21,29,34H,3-10,15-17H2,1-2H3,(H,35,38). The fraction of sp³-hybridized carbons (Fsp3) is 0.469. The number of methoxy groups -OCH3 is 1. The van der Waals surface area contributed by atoms with Crippen molar-refractivity contribution in [1.82, 2.24) is 14.8 Å². The largest absolute Gasteiger partial charge is 0.384 e. The summed E-state index contributed by atoms with van der Waals surface area (Å²) in [6.45, 7) is 1.29. The molecule has 4 aromatic rings. The topological polar surface area (TPSA) is 101 Å². The molecule has 2 aliphatic rings. The van der Waals surface area contributed by atoms with Gasteiger partial charge >= 0.3 is 0 Å². The lowest BCUT2D eigenvalue weighted by Crippen LogP contribution is -2.33. The van der Waals surface area contributed by atoms with Gasteiger partial charge in [0.15, 0.2) is 0 Å². The zero-order valence-electron chi connectivity index (χ0n) is 24.4. The number of carbonyl (C=O) groups excluding carboxylic acids is 2. The van der Waals surface area contributed by atoms with Crippen molar-refractivity contribution in [3.8, 4) is 10.4 Å². The van der Waals surface area contributed by atoms with Crippen LogP contribution in [0.3, 0.4) is 0 Å². The lowest BCUT2D eigenvalue weighted by atomic mass is 9.88. The minimum Gasteiger partial charge on any atom is -0.384 e. The second-order valence-electron chi connectivity index (χ2n) is 11.3. The molecule has 1 aliphatic carbocycles. The number of aromatic nitrogens is 3. The van der Waals surface area contributed by atoms with E-state index < -0.39 is 0 Å². The van der Waals surface area contributed by atoms with Crippen LogP contribution in [0.2, 0.25) is 0 Å². The maximum Gasteiger partial charge on any atom is 0.266 e. The van der Waals surface area contributed by atoms with Gasteiger partial charge in [-0.2, -0.15) is 5.10 Å². The molecule has 3 aromatic heterocycles. The van der Waals surface area contributed by atoms with Crippen LogP contribution in [0.1, 0.15) is 72.8 Å². The van der Waals surface area contributed by atoms with Crippen molar-refractivity contribution in [2.45, 2.75) is 64.0 Å². The SMILES string of the molecule is COCCc1c(NC(=O)c2ccc(-c3cnn(C4CCCCO4)c3)s2)[nH]c2cc(N(C)C(=O)C3CCCCC3)ccc12. The van der Waals surface area contributed by atoms with E-state index in [9.17, 15) is 9.59 Å². The summed E-state index contributed by atoms with van der Waals surface area (Å²) in [6, 6.07) is 9.83. The highest BCUT2D eigenvalue weighted by Crippen LogP contribution is 2.34. The molecule has 6 rings (SSSR count). The Kier molecular flexibility index (Phi) is 8.73. The Morgan fingerprint density at radius 3 is 2.76 bits per heavy atom. The van der Waals surface area contributed by atoms with Crippen LogP contribution in [0, 0.1) is 5.92 Å². The molecule has 2 amide bonds. The molecule has 1 aromatic carbocycles. The second kappa shape index (κ2) is 12.8. The summed E-state index contributed by atoms with van der Waals surface area (Å²) in [5, 5.41) is 8.63. The van der Waals surface area contributed by atoms with Gasteiger partial charge in [-0.1, -0.05) is 25.3 Å². The van der Waals surface area contributed by atoms with E-state index in [0.717, 1.165) is 84.1 Å². The maximum atomic E-state index is 13.4. The van der Waals surface area contributed by atoms with Gasteiger partial charge in [0.05, 0.1) is 17.7 Å². The van der Waals surface area contributed by atoms with Crippen LogP contribution in [0.25, 0.3) is 21.3 Å². The lowest BCUT2D eigenvalue weighted by molar-refractivity contribution is -0.123. The zero-order chi connectivity index (χ0) is 29.1. The molecule has 1 aliphatic heterocycles. The Balaban J connectivity index is 1.20. The van der Waals surface area contributed by atoms with E-state index in [-0.39, 0.29) is 24.0 Å². The first-order valence-electron chi connectivity index (χ1n) is 15.0. The van der Waals surface area contributed by atoms with E-state index in [1.807, 2.05) is 54.5 Å². The smallest absolute Gasteiger partial charge is 0.266 e. The summed E-state index contributed by atoms with van der Waals surface area (Å²) in [5.74, 6) is 0.756. The molecular formula is C32H39N5O4S. The zero-order valence-corrected chi connectivity index (χ0v) is 25.2. The van der Waals surface area contributed by atoms with Crippen molar-refractivity contribution in [3.63, 3.8) is 0 Å². The molecule has 10 heteroatoms. The van der Waals surface area contributed by atoms with Crippen molar-refractivity contribution in [2.24, 2.45) is 5.92 Å². The average molecular weight is 590 g/mol. The number of nitrogens with one attached hydrogen (secondary N) is 2. The van der Waals surface area contributed by atoms with Crippen LogP contribution in [0.4, 0.5) is 11.5 Å². The summed E-state index contributed by atoms with van der Waals surface area (Å²) in [5.41, 5.74) is 3.68. The van der Waals surface area contributed by atoms with E-state index in [4.69, 9.17) is 9.47 Å². The number of anilines is 2. The van der Waals surface area contributed by atoms with Crippen molar-refractivity contribution in [1.29, 1.82) is 0 Å². The minimum absolute atomic E-state index is 0.0200. The molecule has 4 heterocycles. The molecule has 1 unspecified atom stereocenters. The predicted molar refractivity (Wildman–Crippen MR) is 166 cm³/mol. The Hall–Kier alpha value is -3.47. The summed E-state index contributed by atoms with van der Waals surface area (Å²) in [6.07, 6.45) is 13.0. The molecule has 1 saturated carbocycles. The molecule has 9 nitrogen and oxygen atoms in total. The summed E-state index contributed by atoms with van der Waals surface area (Å²) in [4.78, 5) is 33.4. The molecule has 0 spiro atoms. The molecule has 0 radical (unpaired) electrons.